The van der Waals surface area contributed by atoms with E-state index in [1.807, 2.05) is 0 Å². The molecular weight excluding hydrogens is 558 g/mol. The molecule has 0 radical (unpaired) electrons. The molecule has 0 saturated carbocycles. The van der Waals surface area contributed by atoms with Crippen LogP contribution in [0.3, 0.4) is 0 Å². The molecule has 0 bridgehead atoms. The van der Waals surface area contributed by atoms with Crippen LogP contribution < -0.4 is 10.6 Å². The summed E-state index contributed by atoms with van der Waals surface area (Å²) in [7, 11) is 0. The van der Waals surface area contributed by atoms with Gasteiger partial charge in [-0.15, -0.1) is 0 Å². The van der Waals surface area contributed by atoms with Crippen LogP contribution in [0.25, 0.3) is 0 Å². The van der Waals surface area contributed by atoms with Crippen molar-refractivity contribution in [1.82, 2.24) is 15.5 Å². The standard InChI is InChI=1S/C27H18BrN3O7/c28-17-8-12(7-13-11-31(27(37)21(13)17)18-5-6-20(32)30-25(18)35)10-29-26(36)19-9-16-22(33)14-3-1-2-4-15(14)23(34)24(16)38-19/h1-4,7-9,18H,5-6,10-11H2,(H,29,36)(H,30,32,35). The molecule has 3 aromatic rings. The molecule has 3 aliphatic rings. The van der Waals surface area contributed by atoms with Crippen LogP contribution in [0.15, 0.2) is 51.4 Å². The number of nitrogens with one attached hydrogen (secondary N) is 2. The van der Waals surface area contributed by atoms with Gasteiger partial charge in [0, 0.05) is 41.2 Å². The first-order valence-corrected chi connectivity index (χ1v) is 12.6. The molecule has 11 heteroatoms. The summed E-state index contributed by atoms with van der Waals surface area (Å²) in [4.78, 5) is 76.7. The number of benzene rings is 2. The number of fused-ring (bicyclic) bond motifs is 3. The smallest absolute Gasteiger partial charge is 0.287 e. The Morgan fingerprint density at radius 2 is 1.76 bits per heavy atom. The van der Waals surface area contributed by atoms with E-state index < -0.39 is 23.6 Å². The molecule has 38 heavy (non-hydrogen) atoms. The van der Waals surface area contributed by atoms with Crippen LogP contribution in [0.2, 0.25) is 0 Å². The van der Waals surface area contributed by atoms with Crippen molar-refractivity contribution in [2.24, 2.45) is 0 Å². The van der Waals surface area contributed by atoms with E-state index in [0.29, 0.717) is 21.2 Å². The summed E-state index contributed by atoms with van der Waals surface area (Å²) < 4.78 is 6.02. The summed E-state index contributed by atoms with van der Waals surface area (Å²) in [5.41, 5.74) is 2.33. The van der Waals surface area contributed by atoms with E-state index in [9.17, 15) is 28.8 Å². The molecular formula is C27H18BrN3O7. The number of halogens is 1. The Hall–Kier alpha value is -4.38. The molecule has 1 saturated heterocycles. The Labute approximate surface area is 223 Å². The van der Waals surface area contributed by atoms with Gasteiger partial charge in [0.25, 0.3) is 11.8 Å². The number of hydrogen-bond acceptors (Lipinski definition) is 7. The predicted molar refractivity (Wildman–Crippen MR) is 133 cm³/mol. The summed E-state index contributed by atoms with van der Waals surface area (Å²) in [6, 6.07) is 10.4. The summed E-state index contributed by atoms with van der Waals surface area (Å²) in [5.74, 6) is -2.93. The lowest BCUT2D eigenvalue weighted by molar-refractivity contribution is -0.136. The minimum absolute atomic E-state index is 0.0474. The number of nitrogens with zero attached hydrogens (tertiary/aromatic N) is 1. The van der Waals surface area contributed by atoms with Gasteiger partial charge in [0.05, 0.1) is 11.1 Å². The molecule has 1 aromatic heterocycles. The van der Waals surface area contributed by atoms with Crippen LogP contribution in [-0.2, 0) is 22.7 Å². The van der Waals surface area contributed by atoms with Gasteiger partial charge in [0.2, 0.25) is 17.6 Å². The summed E-state index contributed by atoms with van der Waals surface area (Å²) >= 11 is 3.42. The second kappa shape index (κ2) is 8.88. The second-order valence-electron chi connectivity index (χ2n) is 9.25. The Morgan fingerprint density at radius 1 is 1.03 bits per heavy atom. The van der Waals surface area contributed by atoms with Crippen molar-refractivity contribution in [2.45, 2.75) is 32.0 Å². The number of furan rings is 1. The average Bonchev–Trinajstić information content (AvgIpc) is 3.48. The molecule has 2 N–H and O–H groups in total. The van der Waals surface area contributed by atoms with E-state index in [-0.39, 0.29) is 71.7 Å². The highest BCUT2D eigenvalue weighted by Gasteiger charge is 2.40. The zero-order chi connectivity index (χ0) is 26.7. The fourth-order valence-electron chi connectivity index (χ4n) is 5.08. The van der Waals surface area contributed by atoms with Crippen molar-refractivity contribution in [1.29, 1.82) is 0 Å². The first kappa shape index (κ1) is 24.0. The van der Waals surface area contributed by atoms with E-state index in [2.05, 4.69) is 26.6 Å². The summed E-state index contributed by atoms with van der Waals surface area (Å²) in [6.45, 7) is 0.265. The molecule has 0 spiro atoms. The molecule has 1 aliphatic carbocycles. The quantitative estimate of drug-likeness (QED) is 0.356. The van der Waals surface area contributed by atoms with E-state index >= 15 is 0 Å². The molecule has 10 nitrogen and oxygen atoms in total. The molecule has 190 valence electrons. The van der Waals surface area contributed by atoms with Crippen molar-refractivity contribution in [3.63, 3.8) is 0 Å². The number of piperidine rings is 1. The number of rotatable bonds is 4. The zero-order valence-electron chi connectivity index (χ0n) is 19.6. The maximum absolute atomic E-state index is 13.0. The van der Waals surface area contributed by atoms with Crippen LogP contribution in [-0.4, -0.2) is 46.1 Å². The topological polar surface area (TPSA) is 143 Å². The van der Waals surface area contributed by atoms with Gasteiger partial charge in [0.1, 0.15) is 6.04 Å². The van der Waals surface area contributed by atoms with E-state index in [1.165, 1.54) is 11.0 Å². The molecule has 1 fully saturated rings. The van der Waals surface area contributed by atoms with Gasteiger partial charge in [-0.2, -0.15) is 0 Å². The molecule has 2 aliphatic heterocycles. The fourth-order valence-corrected chi connectivity index (χ4v) is 5.80. The van der Waals surface area contributed by atoms with E-state index in [4.69, 9.17) is 4.42 Å². The lowest BCUT2D eigenvalue weighted by Crippen LogP contribution is -2.52. The van der Waals surface area contributed by atoms with Gasteiger partial charge in [0.15, 0.2) is 17.3 Å². The number of imide groups is 1. The minimum Gasteiger partial charge on any atom is -0.447 e. The van der Waals surface area contributed by atoms with Crippen LogP contribution in [0.4, 0.5) is 0 Å². The largest absolute Gasteiger partial charge is 0.447 e. The number of carbonyl (C=O) groups excluding carboxylic acids is 6. The molecule has 2 aromatic carbocycles. The maximum atomic E-state index is 13.0. The molecule has 3 heterocycles. The first-order valence-electron chi connectivity index (χ1n) is 11.8. The zero-order valence-corrected chi connectivity index (χ0v) is 21.2. The Morgan fingerprint density at radius 3 is 2.50 bits per heavy atom. The second-order valence-corrected chi connectivity index (χ2v) is 10.1. The normalized spacial score (nSPS) is 18.2. The first-order chi connectivity index (χ1) is 18.2. The van der Waals surface area contributed by atoms with Crippen molar-refractivity contribution in [3.05, 3.63) is 91.8 Å². The number of hydrogen-bond donors (Lipinski definition) is 2. The van der Waals surface area contributed by atoms with Gasteiger partial charge in [-0.3, -0.25) is 34.1 Å². The van der Waals surface area contributed by atoms with Crippen molar-refractivity contribution >= 4 is 51.1 Å². The van der Waals surface area contributed by atoms with Crippen LogP contribution in [0.1, 0.15) is 76.9 Å². The highest BCUT2D eigenvalue weighted by atomic mass is 79.9. The van der Waals surface area contributed by atoms with Crippen LogP contribution in [0.5, 0.6) is 0 Å². The van der Waals surface area contributed by atoms with Crippen molar-refractivity contribution in [2.75, 3.05) is 0 Å². The molecule has 6 rings (SSSR count). The Balaban J connectivity index is 1.18. The van der Waals surface area contributed by atoms with Gasteiger partial charge in [-0.05, 0) is 39.5 Å². The van der Waals surface area contributed by atoms with E-state index in [1.54, 1.807) is 36.4 Å². The van der Waals surface area contributed by atoms with Crippen LogP contribution in [0, 0.1) is 0 Å². The number of carbonyl (C=O) groups is 6. The molecule has 1 unspecified atom stereocenters. The van der Waals surface area contributed by atoms with Crippen LogP contribution >= 0.6 is 15.9 Å². The third-order valence-electron chi connectivity index (χ3n) is 6.91. The lowest BCUT2D eigenvalue weighted by atomic mass is 9.89. The van der Waals surface area contributed by atoms with Gasteiger partial charge in [-0.25, -0.2) is 0 Å². The molecule has 4 amide bonds. The van der Waals surface area contributed by atoms with Crippen molar-refractivity contribution in [3.8, 4) is 0 Å². The number of ketones is 2. The highest BCUT2D eigenvalue weighted by molar-refractivity contribution is 9.10. The Kier molecular flexibility index (Phi) is 5.60. The molecule has 1 atom stereocenters. The monoisotopic (exact) mass is 575 g/mol. The lowest BCUT2D eigenvalue weighted by Gasteiger charge is -2.29. The minimum atomic E-state index is -0.732. The SMILES string of the molecule is O=C1CCC(N2Cc3cc(CNC(=O)c4cc5c(o4)C(=O)c4ccccc4C5=O)cc(Br)c3C2=O)C(=O)N1. The van der Waals surface area contributed by atoms with E-state index in [0.717, 1.165) is 0 Å². The average molecular weight is 576 g/mol. The third kappa shape index (κ3) is 3.77. The highest BCUT2D eigenvalue weighted by Crippen LogP contribution is 2.34. The maximum Gasteiger partial charge on any atom is 0.287 e. The fraction of sp³-hybridized carbons (Fsp3) is 0.185. The van der Waals surface area contributed by atoms with Gasteiger partial charge < -0.3 is 14.6 Å². The number of amides is 4. The summed E-state index contributed by atoms with van der Waals surface area (Å²) in [6.07, 6.45) is 0.419. The Bertz CT molecular complexity index is 1570. The van der Waals surface area contributed by atoms with Gasteiger partial charge >= 0.3 is 0 Å². The predicted octanol–water partition coefficient (Wildman–Crippen LogP) is 2.51. The van der Waals surface area contributed by atoms with Crippen molar-refractivity contribution < 1.29 is 33.2 Å². The third-order valence-corrected chi connectivity index (χ3v) is 7.53. The van der Waals surface area contributed by atoms with Gasteiger partial charge in [-0.1, -0.05) is 30.3 Å². The summed E-state index contributed by atoms with van der Waals surface area (Å²) in [5, 5.41) is 4.99.